The number of nitrogens with zero attached hydrogens (tertiary/aromatic N) is 2. The first-order chi connectivity index (χ1) is 6.06. The van der Waals surface area contributed by atoms with Crippen LogP contribution in [0.4, 0.5) is 0 Å². The Hall–Kier alpha value is -0.710. The maximum atomic E-state index is 10.5. The summed E-state index contributed by atoms with van der Waals surface area (Å²) in [5.41, 5.74) is 8.32. The van der Waals surface area contributed by atoms with Crippen LogP contribution >= 0.6 is 6.19 Å². The highest BCUT2D eigenvalue weighted by Crippen LogP contribution is 2.91. The van der Waals surface area contributed by atoms with Crippen molar-refractivity contribution in [1.29, 1.82) is 0 Å². The third-order valence-electron chi connectivity index (χ3n) is 2.44. The van der Waals surface area contributed by atoms with Gasteiger partial charge in [0, 0.05) is 6.42 Å². The molecule has 3 heterocycles. The summed E-state index contributed by atoms with van der Waals surface area (Å²) < 4.78 is 1.99. The Kier molecular flexibility index (Phi) is 1.10. The second kappa shape index (κ2) is 1.87. The van der Waals surface area contributed by atoms with Crippen LogP contribution in [0.25, 0.3) is 0 Å². The van der Waals surface area contributed by atoms with Crippen molar-refractivity contribution >= 4 is 29.5 Å². The zero-order valence-corrected chi connectivity index (χ0v) is 8.18. The van der Waals surface area contributed by atoms with E-state index in [4.69, 9.17) is 22.6 Å². The largest absolute Gasteiger partial charge is 0.480 e. The van der Waals surface area contributed by atoms with Crippen molar-refractivity contribution in [2.24, 2.45) is 10.7 Å². The molecule has 0 aromatic heterocycles. The molecule has 0 saturated carbocycles. The molecular weight excluding hydrogens is 209 g/mol. The number of carboxylic acid groups (broad SMARTS) is 1. The van der Waals surface area contributed by atoms with Gasteiger partial charge in [-0.2, -0.15) is 0 Å². The Balaban J connectivity index is 1.80. The molecule has 68 valence electrons. The summed E-state index contributed by atoms with van der Waals surface area (Å²) in [7, 11) is 0. The molecule has 7 heteroatoms. The summed E-state index contributed by atoms with van der Waals surface area (Å²) in [4.78, 5) is 14.6. The quantitative estimate of drug-likeness (QED) is 0.513. The molecule has 0 aliphatic carbocycles. The van der Waals surface area contributed by atoms with Gasteiger partial charge < -0.3 is 10.8 Å². The molecule has 3 N–H and O–H groups in total. The van der Waals surface area contributed by atoms with E-state index in [0.717, 1.165) is 16.7 Å². The molecule has 2 atom stereocenters. The first-order valence-electron chi connectivity index (χ1n) is 3.79. The maximum Gasteiger partial charge on any atom is 0.320 e. The van der Waals surface area contributed by atoms with E-state index in [1.807, 2.05) is 4.67 Å². The number of aliphatic carboxylic acids is 1. The Morgan fingerprint density at radius 2 is 2.54 bits per heavy atom. The number of aliphatic imine (C=N–C) groups is 1. The van der Waals surface area contributed by atoms with E-state index in [0.29, 0.717) is 6.42 Å². The third kappa shape index (κ3) is 0.631. The van der Waals surface area contributed by atoms with E-state index in [9.17, 15) is 4.79 Å². The van der Waals surface area contributed by atoms with E-state index in [1.165, 1.54) is 0 Å². The number of hydrogen-bond acceptors (Lipinski definition) is 4. The van der Waals surface area contributed by atoms with Gasteiger partial charge in [-0.1, -0.05) is 11.8 Å². The molecule has 3 rings (SSSR count). The number of rotatable bonds is 3. The van der Waals surface area contributed by atoms with Gasteiger partial charge in [0.1, 0.15) is 11.5 Å². The monoisotopic (exact) mass is 215 g/mol. The average molecular weight is 215 g/mol. The summed E-state index contributed by atoms with van der Waals surface area (Å²) in [6.45, 7) is 0. The molecule has 0 aromatic rings. The normalized spacial score (nSPS) is 34.2. The lowest BCUT2D eigenvalue weighted by atomic mass is 10.2. The lowest BCUT2D eigenvalue weighted by molar-refractivity contribution is -0.138. The molecule has 0 radical (unpaired) electrons. The van der Waals surface area contributed by atoms with Crippen LogP contribution < -0.4 is 5.73 Å². The van der Waals surface area contributed by atoms with Crippen molar-refractivity contribution in [3.05, 3.63) is 11.1 Å². The van der Waals surface area contributed by atoms with Crippen molar-refractivity contribution in [2.45, 2.75) is 12.5 Å². The van der Waals surface area contributed by atoms with Gasteiger partial charge >= 0.3 is 5.97 Å². The molecule has 3 aliphatic heterocycles. The lowest BCUT2D eigenvalue weighted by Gasteiger charge is -2.22. The third-order valence-corrected chi connectivity index (χ3v) is 6.52. The Labute approximate surface area is 79.0 Å². The van der Waals surface area contributed by atoms with Crippen molar-refractivity contribution in [3.63, 3.8) is 0 Å². The zero-order chi connectivity index (χ0) is 9.38. The lowest BCUT2D eigenvalue weighted by Crippen LogP contribution is -2.32. The summed E-state index contributed by atoms with van der Waals surface area (Å²) in [5.74, 6) is -0.975. The Morgan fingerprint density at radius 3 is 2.92 bits per heavy atom. The molecule has 13 heavy (non-hydrogen) atoms. The summed E-state index contributed by atoms with van der Waals surface area (Å²) in [5, 5.41) is 8.59. The smallest absolute Gasteiger partial charge is 0.320 e. The molecule has 0 bridgehead atoms. The van der Waals surface area contributed by atoms with Crippen molar-refractivity contribution in [3.8, 4) is 0 Å². The molecule has 1 saturated heterocycles. The minimum absolute atomic E-state index is 0.357. The van der Waals surface area contributed by atoms with E-state index in [1.54, 1.807) is 0 Å². The van der Waals surface area contributed by atoms with E-state index in [2.05, 4.69) is 4.99 Å². The summed E-state index contributed by atoms with van der Waals surface area (Å²) >= 11 is 5.28. The van der Waals surface area contributed by atoms with Crippen molar-refractivity contribution in [2.75, 3.05) is 0 Å². The first-order valence-corrected chi connectivity index (χ1v) is 6.54. The van der Waals surface area contributed by atoms with Gasteiger partial charge in [-0.15, -0.1) is 0 Å². The van der Waals surface area contributed by atoms with Gasteiger partial charge in [0.2, 0.25) is 0 Å². The molecule has 0 amide bonds. The SMILES string of the molecule is NC(CC1=C2N=C3N1P32=S)C(=O)O. The Bertz CT molecular complexity index is 455. The van der Waals surface area contributed by atoms with Crippen LogP contribution in [0.2, 0.25) is 0 Å². The van der Waals surface area contributed by atoms with Crippen LogP contribution in [0.3, 0.4) is 0 Å². The fourth-order valence-corrected chi connectivity index (χ4v) is 5.50. The number of hydrogen-bond donors (Lipinski definition) is 2. The number of amidine groups is 1. The van der Waals surface area contributed by atoms with Gasteiger partial charge in [0.05, 0.1) is 5.70 Å². The standard InChI is InChI=1S/C6H6N3O2PS/c7-2(5(10)11)1-3-4-8-6-9(3)12(4,6)13/h2H,1,7H2,(H,10,11). The van der Waals surface area contributed by atoms with Crippen LogP contribution in [0.15, 0.2) is 16.1 Å². The van der Waals surface area contributed by atoms with E-state index in [-0.39, 0.29) is 0 Å². The fraction of sp³-hybridized carbons (Fsp3) is 0.333. The molecule has 0 aromatic carbocycles. The maximum absolute atomic E-state index is 10.5. The molecule has 3 aliphatic rings. The zero-order valence-electron chi connectivity index (χ0n) is 6.47. The van der Waals surface area contributed by atoms with Crippen LogP contribution in [0, 0.1) is 0 Å². The first kappa shape index (κ1) is 7.67. The highest BCUT2D eigenvalue weighted by Gasteiger charge is 2.72. The Morgan fingerprint density at radius 1 is 1.85 bits per heavy atom. The highest BCUT2D eigenvalue weighted by atomic mass is 32.4. The highest BCUT2D eigenvalue weighted by molar-refractivity contribution is 8.31. The minimum Gasteiger partial charge on any atom is -0.480 e. The van der Waals surface area contributed by atoms with Crippen molar-refractivity contribution < 1.29 is 9.90 Å². The van der Waals surface area contributed by atoms with Gasteiger partial charge in [-0.25, -0.2) is 4.99 Å². The predicted molar refractivity (Wildman–Crippen MR) is 50.8 cm³/mol. The fourth-order valence-electron chi connectivity index (χ4n) is 1.67. The number of fused-ring (bicyclic) bond motifs is 1. The van der Waals surface area contributed by atoms with Crippen LogP contribution in [-0.2, 0) is 16.6 Å². The van der Waals surface area contributed by atoms with Crippen LogP contribution in [0.1, 0.15) is 6.42 Å². The van der Waals surface area contributed by atoms with Gasteiger partial charge in [0.15, 0.2) is 11.8 Å². The van der Waals surface area contributed by atoms with E-state index < -0.39 is 18.2 Å². The molecule has 1 fully saturated rings. The summed E-state index contributed by atoms with van der Waals surface area (Å²) in [6, 6.07) is -0.830. The minimum atomic E-state index is -1.39. The molecule has 5 nitrogen and oxygen atoms in total. The van der Waals surface area contributed by atoms with Crippen LogP contribution in [-0.4, -0.2) is 27.4 Å². The van der Waals surface area contributed by atoms with Gasteiger partial charge in [-0.3, -0.25) is 9.46 Å². The summed E-state index contributed by atoms with van der Waals surface area (Å²) in [6.07, 6.45) is -1.03. The van der Waals surface area contributed by atoms with Crippen molar-refractivity contribution in [1.82, 2.24) is 4.67 Å². The topological polar surface area (TPSA) is 78.7 Å². The number of carbonyl (C=O) groups is 1. The second-order valence-corrected chi connectivity index (χ2v) is 7.18. The average Bonchev–Trinajstić information content (AvgIpc) is 2.47. The van der Waals surface area contributed by atoms with Gasteiger partial charge in [0.25, 0.3) is 0 Å². The van der Waals surface area contributed by atoms with E-state index >= 15 is 0 Å². The molecule has 2 unspecified atom stereocenters. The number of nitrogens with two attached hydrogens (primary N) is 1. The van der Waals surface area contributed by atoms with Crippen LogP contribution in [0.5, 0.6) is 0 Å². The molecular formula is C6H6N3O2PS. The molecule has 0 spiro atoms. The predicted octanol–water partition coefficient (Wildman–Crippen LogP) is 0.0508. The van der Waals surface area contributed by atoms with Gasteiger partial charge in [-0.05, 0) is 0 Å². The second-order valence-electron chi connectivity index (χ2n) is 3.22. The number of carboxylic acids is 1.